The molecule has 0 aliphatic heterocycles. The monoisotopic (exact) mass is 290 g/mol. The summed E-state index contributed by atoms with van der Waals surface area (Å²) in [6.07, 6.45) is 2.65. The highest BCUT2D eigenvalue weighted by Crippen LogP contribution is 2.26. The lowest BCUT2D eigenvalue weighted by Gasteiger charge is -2.27. The lowest BCUT2D eigenvalue weighted by molar-refractivity contribution is 0.0374. The fourth-order valence-corrected chi connectivity index (χ4v) is 2.62. The molecule has 0 aromatic rings. The van der Waals surface area contributed by atoms with E-state index in [4.69, 9.17) is 9.88 Å². The van der Waals surface area contributed by atoms with Gasteiger partial charge in [0.2, 0.25) is 0 Å². The van der Waals surface area contributed by atoms with E-state index in [-0.39, 0.29) is 12.5 Å². The van der Waals surface area contributed by atoms with Crippen molar-refractivity contribution in [1.29, 1.82) is 0 Å². The molecular weight excluding hydrogens is 268 g/mol. The van der Waals surface area contributed by atoms with Crippen LogP contribution in [0.1, 0.15) is 40.5 Å². The Morgan fingerprint density at radius 1 is 1.53 bits per heavy atom. The number of carbonyl (C=O) groups excluding carboxylic acids is 1. The summed E-state index contributed by atoms with van der Waals surface area (Å²) in [4.78, 5) is 11.9. The van der Waals surface area contributed by atoms with Gasteiger partial charge in [-0.15, -0.1) is 0 Å². The minimum atomic E-state index is -4.11. The molecule has 0 heterocycles. The van der Waals surface area contributed by atoms with Gasteiger partial charge in [0.05, 0.1) is 0 Å². The summed E-state index contributed by atoms with van der Waals surface area (Å²) in [6, 6.07) is 0. The van der Waals surface area contributed by atoms with E-state index in [0.717, 1.165) is 12.8 Å². The highest BCUT2D eigenvalue weighted by Gasteiger charge is 2.32. The number of allylic oxidation sites excluding steroid dienone is 2. The Bertz CT molecular complexity index is 476. The van der Waals surface area contributed by atoms with E-state index in [1.807, 2.05) is 13.0 Å². The average Bonchev–Trinajstić information content (AvgIpc) is 2.55. The molecule has 19 heavy (non-hydrogen) atoms. The van der Waals surface area contributed by atoms with E-state index in [9.17, 15) is 13.2 Å². The Balaban J connectivity index is 2.77. The summed E-state index contributed by atoms with van der Waals surface area (Å²) < 4.78 is 28.7. The van der Waals surface area contributed by atoms with Crippen molar-refractivity contribution in [3.63, 3.8) is 0 Å². The van der Waals surface area contributed by atoms with Crippen molar-refractivity contribution < 1.29 is 17.9 Å². The molecule has 2 N–H and O–H groups in total. The number of rotatable bonds is 3. The van der Waals surface area contributed by atoms with Gasteiger partial charge in [0.1, 0.15) is 5.60 Å². The fraction of sp³-hybridized carbons (Fsp3) is 0.750. The van der Waals surface area contributed by atoms with Crippen molar-refractivity contribution in [3.8, 4) is 0 Å². The molecule has 0 bridgehead atoms. The van der Waals surface area contributed by atoms with Gasteiger partial charge in [-0.1, -0.05) is 11.6 Å². The highest BCUT2D eigenvalue weighted by atomic mass is 32.2. The Labute approximate surface area is 114 Å². The highest BCUT2D eigenvalue weighted by molar-refractivity contribution is 7.87. The molecule has 0 saturated carbocycles. The number of hydrogen-bond acceptors (Lipinski definition) is 4. The molecule has 0 aromatic carbocycles. The summed E-state index contributed by atoms with van der Waals surface area (Å²) in [6.45, 7) is 7.06. The zero-order valence-corrected chi connectivity index (χ0v) is 12.7. The second-order valence-electron chi connectivity index (χ2n) is 5.91. The van der Waals surface area contributed by atoms with Gasteiger partial charge in [-0.3, -0.25) is 0 Å². The molecule has 7 heteroatoms. The molecule has 0 spiro atoms. The van der Waals surface area contributed by atoms with E-state index in [2.05, 4.69) is 0 Å². The molecule has 1 amide bonds. The number of hydrogen-bond donors (Lipinski definition) is 1. The van der Waals surface area contributed by atoms with Gasteiger partial charge in [-0.2, -0.15) is 12.7 Å². The Morgan fingerprint density at radius 2 is 2.11 bits per heavy atom. The molecular formula is C12H22N2O4S. The van der Waals surface area contributed by atoms with E-state index in [1.165, 1.54) is 5.57 Å². The van der Waals surface area contributed by atoms with Crippen molar-refractivity contribution in [2.45, 2.75) is 46.1 Å². The van der Waals surface area contributed by atoms with Crippen LogP contribution in [-0.2, 0) is 14.9 Å². The third-order valence-corrected chi connectivity index (χ3v) is 3.65. The summed E-state index contributed by atoms with van der Waals surface area (Å²) in [5, 5.41) is 5.09. The van der Waals surface area contributed by atoms with E-state index in [0.29, 0.717) is 4.31 Å². The van der Waals surface area contributed by atoms with E-state index >= 15 is 0 Å². The lowest BCUT2D eigenvalue weighted by atomic mass is 10.1. The minimum absolute atomic E-state index is 0.0571. The minimum Gasteiger partial charge on any atom is -0.443 e. The molecule has 1 rings (SSSR count). The summed E-state index contributed by atoms with van der Waals surface area (Å²) in [5.41, 5.74) is 0.438. The first kappa shape index (κ1) is 16.0. The third-order valence-electron chi connectivity index (χ3n) is 2.74. The molecule has 1 aliphatic rings. The molecule has 0 radical (unpaired) electrons. The summed E-state index contributed by atoms with van der Waals surface area (Å²) >= 11 is 0. The molecule has 110 valence electrons. The van der Waals surface area contributed by atoms with Crippen molar-refractivity contribution in [2.75, 3.05) is 6.54 Å². The number of ether oxygens (including phenoxy) is 1. The van der Waals surface area contributed by atoms with Crippen molar-refractivity contribution in [3.05, 3.63) is 11.6 Å². The molecule has 0 fully saturated rings. The van der Waals surface area contributed by atoms with Crippen LogP contribution in [0.15, 0.2) is 11.6 Å². The van der Waals surface area contributed by atoms with Gasteiger partial charge < -0.3 is 4.74 Å². The number of nitrogens with zero attached hydrogens (tertiary/aromatic N) is 1. The van der Waals surface area contributed by atoms with E-state index < -0.39 is 21.9 Å². The number of carbonyl (C=O) groups is 1. The SMILES string of the molecule is CC1=CC[C@H](CN(C(=O)OC(C)(C)C)S(N)(=O)=O)C1. The Kier molecular flexibility index (Phi) is 4.63. The maximum absolute atomic E-state index is 11.9. The van der Waals surface area contributed by atoms with Gasteiger partial charge in [-0.25, -0.2) is 9.93 Å². The Hall–Kier alpha value is -1.08. The standard InChI is InChI=1S/C12H22N2O4S/c1-9-5-6-10(7-9)8-14(19(13,16)17)11(15)18-12(2,3)4/h5,10H,6-8H2,1-4H3,(H2,13,16,17)/t10-/m0/s1. The fourth-order valence-electron chi connectivity index (χ4n) is 1.96. The quantitative estimate of drug-likeness (QED) is 0.802. The van der Waals surface area contributed by atoms with Gasteiger partial charge in [0, 0.05) is 6.54 Å². The van der Waals surface area contributed by atoms with Crippen LogP contribution in [0.3, 0.4) is 0 Å². The third kappa shape index (κ3) is 5.20. The van der Waals surface area contributed by atoms with Crippen LogP contribution >= 0.6 is 0 Å². The van der Waals surface area contributed by atoms with Gasteiger partial charge in [0.25, 0.3) is 0 Å². The van der Waals surface area contributed by atoms with Crippen molar-refractivity contribution >= 4 is 16.3 Å². The zero-order valence-electron chi connectivity index (χ0n) is 11.8. The molecule has 0 unspecified atom stereocenters. The molecule has 6 nitrogen and oxygen atoms in total. The number of amides is 1. The van der Waals surface area contributed by atoms with Gasteiger partial charge in [-0.05, 0) is 46.5 Å². The molecule has 0 saturated heterocycles. The molecule has 1 aliphatic carbocycles. The van der Waals surface area contributed by atoms with Crippen LogP contribution in [0.2, 0.25) is 0 Å². The van der Waals surface area contributed by atoms with Crippen LogP contribution in [0, 0.1) is 5.92 Å². The molecule has 1 atom stereocenters. The maximum atomic E-state index is 11.9. The average molecular weight is 290 g/mol. The van der Waals surface area contributed by atoms with Gasteiger partial charge in [0.15, 0.2) is 0 Å². The lowest BCUT2D eigenvalue weighted by Crippen LogP contribution is -2.46. The van der Waals surface area contributed by atoms with E-state index in [1.54, 1.807) is 20.8 Å². The molecule has 0 aromatic heterocycles. The predicted octanol–water partition coefficient (Wildman–Crippen LogP) is 1.78. The van der Waals surface area contributed by atoms with Crippen LogP contribution in [0.5, 0.6) is 0 Å². The smallest absolute Gasteiger partial charge is 0.425 e. The van der Waals surface area contributed by atoms with Crippen molar-refractivity contribution in [2.24, 2.45) is 11.1 Å². The van der Waals surface area contributed by atoms with Gasteiger partial charge >= 0.3 is 16.3 Å². The van der Waals surface area contributed by atoms with Crippen LogP contribution < -0.4 is 5.14 Å². The first-order valence-electron chi connectivity index (χ1n) is 6.18. The largest absolute Gasteiger partial charge is 0.443 e. The topological polar surface area (TPSA) is 89.7 Å². The van der Waals surface area contributed by atoms with Crippen LogP contribution in [0.25, 0.3) is 0 Å². The first-order valence-corrected chi connectivity index (χ1v) is 7.68. The van der Waals surface area contributed by atoms with Crippen molar-refractivity contribution in [1.82, 2.24) is 4.31 Å². The predicted molar refractivity (Wildman–Crippen MR) is 72.5 cm³/mol. The van der Waals surface area contributed by atoms with Crippen LogP contribution in [0.4, 0.5) is 4.79 Å². The summed E-state index contributed by atoms with van der Waals surface area (Å²) in [7, 11) is -4.11. The zero-order chi connectivity index (χ0) is 14.8. The second kappa shape index (κ2) is 5.50. The second-order valence-corrected chi connectivity index (χ2v) is 7.38. The first-order chi connectivity index (χ1) is 8.49. The number of nitrogens with two attached hydrogens (primary N) is 1. The maximum Gasteiger partial charge on any atom is 0.425 e. The Morgan fingerprint density at radius 3 is 2.47 bits per heavy atom. The summed E-state index contributed by atoms with van der Waals surface area (Å²) in [5.74, 6) is 0.0749. The van der Waals surface area contributed by atoms with Crippen LogP contribution in [-0.4, -0.2) is 31.0 Å². The normalized spacial score (nSPS) is 20.1.